The minimum atomic E-state index is -0.549. The number of carbonyl (C=O) groups excluding carboxylic acids is 2. The minimum absolute atomic E-state index is 0.0372. The van der Waals surface area contributed by atoms with Crippen LogP contribution in [0.5, 0.6) is 0 Å². The maximum atomic E-state index is 11.8. The fourth-order valence-corrected chi connectivity index (χ4v) is 3.81. The topological polar surface area (TPSA) is 118 Å². The lowest BCUT2D eigenvalue weighted by molar-refractivity contribution is -0.117. The summed E-state index contributed by atoms with van der Waals surface area (Å²) in [6, 6.07) is 10.6. The molecule has 31 heavy (non-hydrogen) atoms. The van der Waals surface area contributed by atoms with Crippen LogP contribution in [-0.4, -0.2) is 21.8 Å². The first-order chi connectivity index (χ1) is 14.8. The van der Waals surface area contributed by atoms with E-state index in [1.54, 1.807) is 24.3 Å². The molecular weight excluding hydrogens is 528 g/mol. The van der Waals surface area contributed by atoms with Crippen LogP contribution in [0.15, 0.2) is 50.1 Å². The van der Waals surface area contributed by atoms with Gasteiger partial charge < -0.3 is 16.0 Å². The number of aromatic amines is 1. The molecule has 0 spiro atoms. The van der Waals surface area contributed by atoms with E-state index >= 15 is 0 Å². The summed E-state index contributed by atoms with van der Waals surface area (Å²) in [6.45, 7) is 0. The molecule has 160 valence electrons. The summed E-state index contributed by atoms with van der Waals surface area (Å²) in [7, 11) is 0. The fraction of sp³-hybridized carbons (Fsp3) is 0.273. The first-order valence-electron chi connectivity index (χ1n) is 9.91. The molecule has 3 aromatic rings. The van der Waals surface area contributed by atoms with E-state index in [0.29, 0.717) is 22.6 Å². The summed E-state index contributed by atoms with van der Waals surface area (Å²) in [4.78, 5) is 41.8. The van der Waals surface area contributed by atoms with Crippen molar-refractivity contribution < 1.29 is 9.59 Å². The third-order valence-electron chi connectivity index (χ3n) is 5.10. The Bertz CT molecular complexity index is 1230. The molecule has 0 atom stereocenters. The van der Waals surface area contributed by atoms with Crippen LogP contribution < -0.4 is 16.6 Å². The van der Waals surface area contributed by atoms with Gasteiger partial charge >= 0.3 is 0 Å². The van der Waals surface area contributed by atoms with E-state index in [2.05, 4.69) is 47.1 Å². The minimum Gasteiger partial charge on any atom is -0.366 e. The smallest absolute Gasteiger partial charge is 0.258 e. The van der Waals surface area contributed by atoms with Crippen LogP contribution >= 0.6 is 31.9 Å². The van der Waals surface area contributed by atoms with Crippen molar-refractivity contribution >= 4 is 60.3 Å². The highest BCUT2D eigenvalue weighted by molar-refractivity contribution is 9.10. The van der Waals surface area contributed by atoms with Crippen molar-refractivity contribution in [1.82, 2.24) is 9.97 Å². The van der Waals surface area contributed by atoms with Crippen molar-refractivity contribution in [2.24, 2.45) is 11.7 Å². The second kappa shape index (κ2) is 8.92. The number of benzene rings is 2. The molecule has 1 aromatic heterocycles. The lowest BCUT2D eigenvalue weighted by Gasteiger charge is -2.08. The maximum Gasteiger partial charge on any atom is 0.258 e. The summed E-state index contributed by atoms with van der Waals surface area (Å²) in [5.41, 5.74) is 6.78. The van der Waals surface area contributed by atoms with Gasteiger partial charge in [0.25, 0.3) is 11.5 Å². The van der Waals surface area contributed by atoms with E-state index in [4.69, 9.17) is 5.73 Å². The monoisotopic (exact) mass is 546 g/mol. The molecule has 2 aromatic carbocycles. The van der Waals surface area contributed by atoms with Gasteiger partial charge in [-0.1, -0.05) is 31.9 Å². The van der Waals surface area contributed by atoms with Crippen LogP contribution in [-0.2, 0) is 4.79 Å². The number of hydrogen-bond acceptors (Lipinski definition) is 4. The highest BCUT2D eigenvalue weighted by Gasteiger charge is 2.30. The van der Waals surface area contributed by atoms with E-state index in [0.717, 1.165) is 46.0 Å². The van der Waals surface area contributed by atoms with Crippen molar-refractivity contribution in [3.63, 3.8) is 0 Å². The molecule has 0 aliphatic heterocycles. The molecule has 0 radical (unpaired) electrons. The first-order valence-corrected chi connectivity index (χ1v) is 11.5. The molecule has 2 fully saturated rings. The number of halogens is 2. The van der Waals surface area contributed by atoms with Gasteiger partial charge in [0.15, 0.2) is 0 Å². The molecule has 0 bridgehead atoms. The summed E-state index contributed by atoms with van der Waals surface area (Å²) in [5.74, 6) is 0.835. The van der Waals surface area contributed by atoms with Gasteiger partial charge in [-0.2, -0.15) is 0 Å². The van der Waals surface area contributed by atoms with Gasteiger partial charge in [0.2, 0.25) is 5.91 Å². The predicted molar refractivity (Wildman–Crippen MR) is 126 cm³/mol. The van der Waals surface area contributed by atoms with Crippen LogP contribution in [0, 0.1) is 5.92 Å². The predicted octanol–water partition coefficient (Wildman–Crippen LogP) is 4.46. The second-order valence-electron chi connectivity index (χ2n) is 7.70. The molecular formula is C22H20Br2N4O3. The molecule has 5 rings (SSSR count). The maximum absolute atomic E-state index is 11.8. The zero-order chi connectivity index (χ0) is 22.1. The van der Waals surface area contributed by atoms with Crippen LogP contribution in [0.1, 0.15) is 47.8 Å². The third kappa shape index (κ3) is 5.40. The molecule has 1 heterocycles. The Morgan fingerprint density at radius 1 is 1.03 bits per heavy atom. The van der Waals surface area contributed by atoms with Crippen molar-refractivity contribution in [3.05, 3.63) is 67.1 Å². The van der Waals surface area contributed by atoms with E-state index in [1.165, 1.54) is 0 Å². The average molecular weight is 548 g/mol. The zero-order valence-corrected chi connectivity index (χ0v) is 19.6. The lowest BCUT2D eigenvalue weighted by atomic mass is 10.1. The molecule has 2 aliphatic carbocycles. The number of hydrogen-bond donors (Lipinski definition) is 3. The van der Waals surface area contributed by atoms with Gasteiger partial charge in [0.1, 0.15) is 5.82 Å². The number of carbonyl (C=O) groups is 2. The molecule has 9 heteroatoms. The number of aromatic nitrogens is 2. The van der Waals surface area contributed by atoms with Crippen LogP contribution in [0.4, 0.5) is 5.69 Å². The Morgan fingerprint density at radius 2 is 1.71 bits per heavy atom. The summed E-state index contributed by atoms with van der Waals surface area (Å²) < 4.78 is 1.66. The van der Waals surface area contributed by atoms with Crippen LogP contribution in [0.2, 0.25) is 0 Å². The van der Waals surface area contributed by atoms with Crippen molar-refractivity contribution in [1.29, 1.82) is 0 Å². The SMILES string of the molecule is NC(=O)c1cc(Br)ccc1NC(=O)C1CC1.O=c1[nH]c(C2CC2)nc2ccc(Br)cc12. The van der Waals surface area contributed by atoms with Gasteiger partial charge in [0.05, 0.1) is 22.2 Å². The Labute approximate surface area is 195 Å². The number of amides is 2. The van der Waals surface area contributed by atoms with E-state index in [1.807, 2.05) is 12.1 Å². The van der Waals surface area contributed by atoms with Crippen molar-refractivity contribution in [2.45, 2.75) is 31.6 Å². The van der Waals surface area contributed by atoms with Gasteiger partial charge in [-0.15, -0.1) is 0 Å². The Balaban J connectivity index is 0.000000149. The van der Waals surface area contributed by atoms with Gasteiger partial charge in [-0.25, -0.2) is 4.98 Å². The van der Waals surface area contributed by atoms with E-state index in [9.17, 15) is 14.4 Å². The first kappa shape index (κ1) is 21.7. The second-order valence-corrected chi connectivity index (χ2v) is 9.54. The Morgan fingerprint density at radius 3 is 2.35 bits per heavy atom. The molecule has 2 saturated carbocycles. The quantitative estimate of drug-likeness (QED) is 0.447. The number of rotatable bonds is 4. The average Bonchev–Trinajstić information content (AvgIpc) is 3.63. The third-order valence-corrected chi connectivity index (χ3v) is 6.09. The largest absolute Gasteiger partial charge is 0.366 e. The van der Waals surface area contributed by atoms with E-state index in [-0.39, 0.29) is 17.4 Å². The highest BCUT2D eigenvalue weighted by Crippen LogP contribution is 2.37. The normalized spacial score (nSPS) is 15.2. The van der Waals surface area contributed by atoms with Gasteiger partial charge in [-0.3, -0.25) is 14.4 Å². The number of H-pyrrole nitrogens is 1. The number of primary amides is 1. The molecule has 2 aliphatic rings. The summed E-state index contributed by atoms with van der Waals surface area (Å²) >= 11 is 6.60. The van der Waals surface area contributed by atoms with Crippen LogP contribution in [0.3, 0.4) is 0 Å². The number of nitrogens with two attached hydrogens (primary N) is 1. The fourth-order valence-electron chi connectivity index (χ4n) is 3.09. The number of nitrogens with one attached hydrogen (secondary N) is 2. The van der Waals surface area contributed by atoms with Gasteiger partial charge in [0, 0.05) is 20.8 Å². The lowest BCUT2D eigenvalue weighted by Crippen LogP contribution is -2.19. The summed E-state index contributed by atoms with van der Waals surface area (Å²) in [5, 5.41) is 3.37. The number of nitrogens with zero attached hydrogens (tertiary/aromatic N) is 1. The van der Waals surface area contributed by atoms with E-state index < -0.39 is 5.91 Å². The molecule has 4 N–H and O–H groups in total. The summed E-state index contributed by atoms with van der Waals surface area (Å²) in [6.07, 6.45) is 4.14. The standard InChI is InChI=1S/C11H11BrN2O2.C11H9BrN2O/c12-7-3-4-9(8(5-7)10(13)15)14-11(16)6-1-2-6;12-7-3-4-9-8(5-7)11(15)14-10(13-9)6-1-2-6/h3-6H,1-2H2,(H2,13,15)(H,14,16);3-6H,1-2H2,(H,13,14,15). The van der Waals surface area contributed by atoms with Crippen LogP contribution in [0.25, 0.3) is 10.9 Å². The van der Waals surface area contributed by atoms with Gasteiger partial charge in [-0.05, 0) is 62.1 Å². The Kier molecular flexibility index (Phi) is 6.24. The van der Waals surface area contributed by atoms with Crippen molar-refractivity contribution in [3.8, 4) is 0 Å². The molecule has 0 saturated heterocycles. The molecule has 0 unspecified atom stereocenters. The number of anilines is 1. The molecule has 7 nitrogen and oxygen atoms in total. The highest BCUT2D eigenvalue weighted by atomic mass is 79.9. The van der Waals surface area contributed by atoms with Crippen molar-refractivity contribution in [2.75, 3.05) is 5.32 Å². The number of fused-ring (bicyclic) bond motifs is 1. The molecule has 2 amide bonds. The Hall–Kier alpha value is -2.52. The zero-order valence-electron chi connectivity index (χ0n) is 16.5.